The van der Waals surface area contributed by atoms with Gasteiger partial charge in [-0.05, 0) is 5.92 Å². The minimum absolute atomic E-state index is 0.194. The van der Waals surface area contributed by atoms with Crippen molar-refractivity contribution in [3.8, 4) is 0 Å². The van der Waals surface area contributed by atoms with Gasteiger partial charge < -0.3 is 0 Å². The predicted molar refractivity (Wildman–Crippen MR) is 51.6 cm³/mol. The first-order valence-electron chi connectivity index (χ1n) is 3.43. The summed E-state index contributed by atoms with van der Waals surface area (Å²) in [5.74, 6) is 0.427. The van der Waals surface area contributed by atoms with Gasteiger partial charge >= 0.3 is 0 Å². The van der Waals surface area contributed by atoms with Crippen molar-refractivity contribution in [3.63, 3.8) is 0 Å². The molecular weight excluding hydrogens is 228 g/mol. The molecule has 11 heavy (non-hydrogen) atoms. The average Bonchev–Trinajstić information content (AvgIpc) is 1.81. The van der Waals surface area contributed by atoms with Crippen molar-refractivity contribution >= 4 is 25.8 Å². The third-order valence-corrected chi connectivity index (χ3v) is 3.07. The molecule has 0 aliphatic rings. The van der Waals surface area contributed by atoms with Crippen LogP contribution in [0.1, 0.15) is 13.8 Å². The molecule has 2 nitrogen and oxygen atoms in total. The fourth-order valence-corrected chi connectivity index (χ4v) is 2.57. The lowest BCUT2D eigenvalue weighted by Gasteiger charge is -2.00. The van der Waals surface area contributed by atoms with Crippen LogP contribution >= 0.6 is 15.9 Å². The number of hydrogen-bond acceptors (Lipinski definition) is 2. The monoisotopic (exact) mass is 240 g/mol. The van der Waals surface area contributed by atoms with Gasteiger partial charge in [-0.1, -0.05) is 35.9 Å². The predicted octanol–water partition coefficient (Wildman–Crippen LogP) is 1.97. The van der Waals surface area contributed by atoms with Crippen molar-refractivity contribution in [2.45, 2.75) is 13.8 Å². The van der Waals surface area contributed by atoms with Crippen molar-refractivity contribution in [2.24, 2.45) is 5.92 Å². The molecule has 0 heterocycles. The van der Waals surface area contributed by atoms with Crippen LogP contribution in [-0.2, 0) is 9.84 Å². The Labute approximate surface area is 76.7 Å². The van der Waals surface area contributed by atoms with E-state index in [1.54, 1.807) is 6.08 Å². The normalized spacial score (nSPS) is 13.1. The first kappa shape index (κ1) is 11.2. The zero-order valence-electron chi connectivity index (χ0n) is 6.75. The van der Waals surface area contributed by atoms with Crippen LogP contribution < -0.4 is 0 Å². The molecular formula is C7H13BrO2S. The molecule has 4 heteroatoms. The van der Waals surface area contributed by atoms with Crippen molar-refractivity contribution in [3.05, 3.63) is 11.5 Å². The Morgan fingerprint density at radius 2 is 2.00 bits per heavy atom. The van der Waals surface area contributed by atoms with Gasteiger partial charge in [0.2, 0.25) is 0 Å². The van der Waals surface area contributed by atoms with Crippen molar-refractivity contribution in [2.75, 3.05) is 11.1 Å². The van der Waals surface area contributed by atoms with Gasteiger partial charge in [0.15, 0.2) is 9.84 Å². The van der Waals surface area contributed by atoms with Crippen molar-refractivity contribution in [1.29, 1.82) is 0 Å². The Kier molecular flexibility index (Phi) is 5.01. The van der Waals surface area contributed by atoms with E-state index in [1.165, 1.54) is 5.41 Å². The fourth-order valence-electron chi connectivity index (χ4n) is 0.703. The number of halogens is 1. The zero-order valence-corrected chi connectivity index (χ0v) is 9.15. The molecule has 0 amide bonds. The minimum Gasteiger partial charge on any atom is -0.224 e. The highest BCUT2D eigenvalue weighted by atomic mass is 79.9. The second-order valence-electron chi connectivity index (χ2n) is 2.75. The van der Waals surface area contributed by atoms with E-state index in [4.69, 9.17) is 0 Å². The molecule has 0 aromatic rings. The molecule has 0 saturated carbocycles. The highest BCUT2D eigenvalue weighted by Crippen LogP contribution is 2.02. The molecule has 0 N–H and O–H groups in total. The van der Waals surface area contributed by atoms with Crippen LogP contribution in [0.5, 0.6) is 0 Å². The maximum absolute atomic E-state index is 11.1. The highest BCUT2D eigenvalue weighted by molar-refractivity contribution is 9.09. The summed E-state index contributed by atoms with van der Waals surface area (Å²) < 4.78 is 22.2. The van der Waals surface area contributed by atoms with Crippen LogP contribution in [0.2, 0.25) is 0 Å². The van der Waals surface area contributed by atoms with E-state index in [0.717, 1.165) is 0 Å². The van der Waals surface area contributed by atoms with Gasteiger partial charge in [-0.15, -0.1) is 0 Å². The van der Waals surface area contributed by atoms with Crippen LogP contribution in [0, 0.1) is 5.92 Å². The Balaban J connectivity index is 4.13. The summed E-state index contributed by atoms with van der Waals surface area (Å²) in [5.41, 5.74) is 0. The SMILES string of the molecule is CC(C)CS(=O)(=O)C=CCBr. The molecule has 0 aromatic heterocycles. The van der Waals surface area contributed by atoms with Gasteiger partial charge in [0, 0.05) is 10.7 Å². The molecule has 0 atom stereocenters. The van der Waals surface area contributed by atoms with E-state index < -0.39 is 9.84 Å². The lowest BCUT2D eigenvalue weighted by atomic mass is 10.3. The summed E-state index contributed by atoms with van der Waals surface area (Å²) in [6.07, 6.45) is 1.59. The largest absolute Gasteiger partial charge is 0.224 e. The number of sulfone groups is 1. The highest BCUT2D eigenvalue weighted by Gasteiger charge is 2.07. The molecule has 0 aromatic carbocycles. The molecule has 0 saturated heterocycles. The summed E-state index contributed by atoms with van der Waals surface area (Å²) in [4.78, 5) is 0. The van der Waals surface area contributed by atoms with Gasteiger partial charge in [-0.25, -0.2) is 8.42 Å². The van der Waals surface area contributed by atoms with E-state index >= 15 is 0 Å². The molecule has 0 rings (SSSR count). The van der Waals surface area contributed by atoms with Crippen LogP contribution in [0.15, 0.2) is 11.5 Å². The lowest BCUT2D eigenvalue weighted by molar-refractivity contribution is 0.591. The van der Waals surface area contributed by atoms with Gasteiger partial charge in [0.05, 0.1) is 5.75 Å². The maximum atomic E-state index is 11.1. The second-order valence-corrected chi connectivity index (χ2v) is 5.33. The molecule has 0 fully saturated rings. The van der Waals surface area contributed by atoms with Crippen LogP contribution in [0.4, 0.5) is 0 Å². The van der Waals surface area contributed by atoms with E-state index in [2.05, 4.69) is 15.9 Å². The van der Waals surface area contributed by atoms with E-state index in [9.17, 15) is 8.42 Å². The first-order valence-corrected chi connectivity index (χ1v) is 6.27. The number of alkyl halides is 1. The molecule has 66 valence electrons. The third kappa shape index (κ3) is 6.56. The van der Waals surface area contributed by atoms with Crippen molar-refractivity contribution < 1.29 is 8.42 Å². The summed E-state index contributed by atoms with van der Waals surface area (Å²) in [7, 11) is -2.95. The maximum Gasteiger partial charge on any atom is 0.171 e. The molecule has 0 unspecified atom stereocenters. The Morgan fingerprint density at radius 3 is 2.36 bits per heavy atom. The number of rotatable bonds is 4. The van der Waals surface area contributed by atoms with Gasteiger partial charge in [-0.2, -0.15) is 0 Å². The number of allylic oxidation sites excluding steroid dienone is 1. The minimum atomic E-state index is -2.95. The number of hydrogen-bond donors (Lipinski definition) is 0. The molecule has 0 radical (unpaired) electrons. The Hall–Kier alpha value is 0.170. The quantitative estimate of drug-likeness (QED) is 0.705. The second kappa shape index (κ2) is 4.93. The topological polar surface area (TPSA) is 34.1 Å². The summed E-state index contributed by atoms with van der Waals surface area (Å²) in [6, 6.07) is 0. The molecule has 0 spiro atoms. The van der Waals surface area contributed by atoms with Crippen molar-refractivity contribution in [1.82, 2.24) is 0 Å². The summed E-state index contributed by atoms with van der Waals surface area (Å²) >= 11 is 3.12. The van der Waals surface area contributed by atoms with E-state index in [1.807, 2.05) is 13.8 Å². The van der Waals surface area contributed by atoms with Crippen LogP contribution in [-0.4, -0.2) is 19.5 Å². The molecule has 0 aliphatic carbocycles. The smallest absolute Gasteiger partial charge is 0.171 e. The molecule has 0 aliphatic heterocycles. The van der Waals surface area contributed by atoms with Gasteiger partial charge in [-0.3, -0.25) is 0 Å². The standard InChI is InChI=1S/C7H13BrO2S/c1-7(2)6-11(9,10)5-3-4-8/h3,5,7H,4,6H2,1-2H3. The fraction of sp³-hybridized carbons (Fsp3) is 0.714. The van der Waals surface area contributed by atoms with Gasteiger partial charge in [0.25, 0.3) is 0 Å². The molecule has 0 bridgehead atoms. The van der Waals surface area contributed by atoms with E-state index in [0.29, 0.717) is 5.33 Å². The summed E-state index contributed by atoms with van der Waals surface area (Å²) in [6.45, 7) is 3.78. The van der Waals surface area contributed by atoms with Crippen LogP contribution in [0.25, 0.3) is 0 Å². The van der Waals surface area contributed by atoms with Gasteiger partial charge in [0.1, 0.15) is 0 Å². The van der Waals surface area contributed by atoms with Crippen LogP contribution in [0.3, 0.4) is 0 Å². The summed E-state index contributed by atoms with van der Waals surface area (Å²) in [5, 5.41) is 1.85. The Bertz CT molecular complexity index is 217. The average molecular weight is 241 g/mol. The Morgan fingerprint density at radius 1 is 1.45 bits per heavy atom. The zero-order chi connectivity index (χ0) is 8.91. The first-order chi connectivity index (χ1) is 4.98. The lowest BCUT2D eigenvalue weighted by Crippen LogP contribution is -2.07. The third-order valence-electron chi connectivity index (χ3n) is 0.958. The van der Waals surface area contributed by atoms with E-state index in [-0.39, 0.29) is 11.7 Å².